The molecular formula is C13H18FNO3S. The summed E-state index contributed by atoms with van der Waals surface area (Å²) in [4.78, 5) is -0.0368. The summed E-state index contributed by atoms with van der Waals surface area (Å²) >= 11 is 0. The van der Waals surface area contributed by atoms with Crippen molar-refractivity contribution in [2.45, 2.75) is 44.2 Å². The first-order valence-corrected chi connectivity index (χ1v) is 7.77. The van der Waals surface area contributed by atoms with Crippen LogP contribution in [0.4, 0.5) is 4.39 Å². The van der Waals surface area contributed by atoms with E-state index in [0.29, 0.717) is 6.54 Å². The van der Waals surface area contributed by atoms with E-state index >= 15 is 0 Å². The number of hydrogen-bond acceptors (Lipinski definition) is 3. The van der Waals surface area contributed by atoms with E-state index in [0.717, 1.165) is 12.8 Å². The number of aliphatic hydroxyl groups excluding tert-OH is 1. The molecule has 2 rings (SSSR count). The van der Waals surface area contributed by atoms with Crippen LogP contribution in [-0.2, 0) is 16.6 Å². The van der Waals surface area contributed by atoms with Crippen molar-refractivity contribution in [3.63, 3.8) is 0 Å². The van der Waals surface area contributed by atoms with Crippen molar-refractivity contribution < 1.29 is 17.9 Å². The van der Waals surface area contributed by atoms with Crippen LogP contribution < -0.4 is 0 Å². The van der Waals surface area contributed by atoms with E-state index in [9.17, 15) is 12.8 Å². The Morgan fingerprint density at radius 3 is 2.53 bits per heavy atom. The van der Waals surface area contributed by atoms with Crippen LogP contribution >= 0.6 is 0 Å². The molecule has 0 unspecified atom stereocenters. The topological polar surface area (TPSA) is 57.6 Å². The first-order valence-electron chi connectivity index (χ1n) is 6.33. The van der Waals surface area contributed by atoms with Crippen molar-refractivity contribution in [3.05, 3.63) is 29.1 Å². The lowest BCUT2D eigenvalue weighted by Crippen LogP contribution is -2.33. The molecule has 106 valence electrons. The standard InChI is InChI=1S/C13H18FNO3S/c1-3-15(11-4-5-11)19(17,18)13-7-10(8-16)6-12(14)9(13)2/h6-7,11,16H,3-5,8H2,1-2H3. The summed E-state index contributed by atoms with van der Waals surface area (Å²) < 4.78 is 40.3. The molecule has 0 atom stereocenters. The predicted octanol–water partition coefficient (Wildman–Crippen LogP) is 1.80. The van der Waals surface area contributed by atoms with Crippen LogP contribution in [0.2, 0.25) is 0 Å². The fourth-order valence-electron chi connectivity index (χ4n) is 2.18. The van der Waals surface area contributed by atoms with Crippen LogP contribution in [0, 0.1) is 12.7 Å². The van der Waals surface area contributed by atoms with E-state index in [1.165, 1.54) is 23.4 Å². The molecule has 6 heteroatoms. The van der Waals surface area contributed by atoms with E-state index in [1.54, 1.807) is 6.92 Å². The number of hydrogen-bond donors (Lipinski definition) is 1. The highest BCUT2D eigenvalue weighted by Gasteiger charge is 2.37. The van der Waals surface area contributed by atoms with Gasteiger partial charge in [-0.1, -0.05) is 6.92 Å². The van der Waals surface area contributed by atoms with Crippen LogP contribution in [0.3, 0.4) is 0 Å². The Morgan fingerprint density at radius 2 is 2.05 bits per heavy atom. The lowest BCUT2D eigenvalue weighted by Gasteiger charge is -2.21. The lowest BCUT2D eigenvalue weighted by molar-refractivity contribution is 0.280. The largest absolute Gasteiger partial charge is 0.392 e. The minimum atomic E-state index is -3.69. The summed E-state index contributed by atoms with van der Waals surface area (Å²) in [6.07, 6.45) is 1.71. The third kappa shape index (κ3) is 2.66. The van der Waals surface area contributed by atoms with Crippen LogP contribution in [0.25, 0.3) is 0 Å². The smallest absolute Gasteiger partial charge is 0.243 e. The van der Waals surface area contributed by atoms with Gasteiger partial charge in [0, 0.05) is 18.2 Å². The van der Waals surface area contributed by atoms with Gasteiger partial charge in [-0.25, -0.2) is 12.8 Å². The minimum Gasteiger partial charge on any atom is -0.392 e. The molecule has 1 saturated carbocycles. The zero-order valence-electron chi connectivity index (χ0n) is 11.1. The van der Waals surface area contributed by atoms with Crippen LogP contribution in [-0.4, -0.2) is 30.4 Å². The molecular weight excluding hydrogens is 269 g/mol. The number of sulfonamides is 1. The fraction of sp³-hybridized carbons (Fsp3) is 0.538. The number of halogens is 1. The van der Waals surface area contributed by atoms with Crippen molar-refractivity contribution in [1.82, 2.24) is 4.31 Å². The summed E-state index contributed by atoms with van der Waals surface area (Å²) in [5, 5.41) is 9.09. The number of benzene rings is 1. The van der Waals surface area contributed by atoms with Crippen LogP contribution in [0.15, 0.2) is 17.0 Å². The lowest BCUT2D eigenvalue weighted by atomic mass is 10.1. The Bertz CT molecular complexity index is 582. The van der Waals surface area contributed by atoms with Gasteiger partial charge < -0.3 is 5.11 Å². The molecule has 1 aliphatic carbocycles. The molecule has 19 heavy (non-hydrogen) atoms. The molecule has 1 aromatic carbocycles. The highest BCUT2D eigenvalue weighted by molar-refractivity contribution is 7.89. The highest BCUT2D eigenvalue weighted by atomic mass is 32.2. The first kappa shape index (κ1) is 14.4. The zero-order valence-corrected chi connectivity index (χ0v) is 11.9. The van der Waals surface area contributed by atoms with Crippen molar-refractivity contribution in [3.8, 4) is 0 Å². The third-order valence-corrected chi connectivity index (χ3v) is 5.55. The molecule has 0 bridgehead atoms. The second-order valence-electron chi connectivity index (χ2n) is 4.80. The van der Waals surface area contributed by atoms with Crippen molar-refractivity contribution >= 4 is 10.0 Å². The van der Waals surface area contributed by atoms with E-state index in [4.69, 9.17) is 5.11 Å². The molecule has 0 aromatic heterocycles. The molecule has 1 fully saturated rings. The van der Waals surface area contributed by atoms with Crippen molar-refractivity contribution in [1.29, 1.82) is 0 Å². The van der Waals surface area contributed by atoms with Gasteiger partial charge in [0.05, 0.1) is 11.5 Å². The molecule has 1 aromatic rings. The van der Waals surface area contributed by atoms with Gasteiger partial charge in [-0.15, -0.1) is 0 Å². The van der Waals surface area contributed by atoms with Crippen LogP contribution in [0.5, 0.6) is 0 Å². The Labute approximate surface area is 112 Å². The summed E-state index contributed by atoms with van der Waals surface area (Å²) in [6.45, 7) is 3.22. The first-order chi connectivity index (χ1) is 8.91. The van der Waals surface area contributed by atoms with Crippen molar-refractivity contribution in [2.24, 2.45) is 0 Å². The summed E-state index contributed by atoms with van der Waals surface area (Å²) in [7, 11) is -3.69. The highest BCUT2D eigenvalue weighted by Crippen LogP contribution is 2.33. The number of aliphatic hydroxyl groups is 1. The summed E-state index contributed by atoms with van der Waals surface area (Å²) in [6, 6.07) is 2.57. The Morgan fingerprint density at radius 1 is 1.42 bits per heavy atom. The SMILES string of the molecule is CCN(C1CC1)S(=O)(=O)c1cc(CO)cc(F)c1C. The normalized spacial score (nSPS) is 16.1. The van der Waals surface area contributed by atoms with Gasteiger partial charge in [0.25, 0.3) is 0 Å². The number of rotatable bonds is 5. The van der Waals surface area contributed by atoms with Crippen LogP contribution in [0.1, 0.15) is 30.9 Å². The van der Waals surface area contributed by atoms with E-state index < -0.39 is 15.8 Å². The maximum absolute atomic E-state index is 13.7. The third-order valence-electron chi connectivity index (χ3n) is 3.39. The second-order valence-corrected chi connectivity index (χ2v) is 6.66. The van der Waals surface area contributed by atoms with E-state index in [2.05, 4.69) is 0 Å². The molecule has 1 aliphatic rings. The Kier molecular flexibility index (Phi) is 3.94. The molecule has 0 spiro atoms. The van der Waals surface area contributed by atoms with Gasteiger partial charge in [0.15, 0.2) is 0 Å². The average molecular weight is 287 g/mol. The zero-order chi connectivity index (χ0) is 14.2. The van der Waals surface area contributed by atoms with Crippen molar-refractivity contribution in [2.75, 3.05) is 6.54 Å². The quantitative estimate of drug-likeness (QED) is 0.898. The average Bonchev–Trinajstić information content (AvgIpc) is 3.17. The monoisotopic (exact) mass is 287 g/mol. The second kappa shape index (κ2) is 5.19. The molecule has 0 heterocycles. The van der Waals surface area contributed by atoms with Gasteiger partial charge in [-0.2, -0.15) is 4.31 Å². The van der Waals surface area contributed by atoms with Gasteiger partial charge in [0.1, 0.15) is 5.82 Å². The van der Waals surface area contributed by atoms with Gasteiger partial charge >= 0.3 is 0 Å². The van der Waals surface area contributed by atoms with E-state index in [-0.39, 0.29) is 28.7 Å². The Hall–Kier alpha value is -0.980. The molecule has 4 nitrogen and oxygen atoms in total. The molecule has 0 aliphatic heterocycles. The maximum atomic E-state index is 13.7. The molecule has 1 N–H and O–H groups in total. The summed E-state index contributed by atoms with van der Waals surface area (Å²) in [5.74, 6) is -0.600. The summed E-state index contributed by atoms with van der Waals surface area (Å²) in [5.41, 5.74) is 0.379. The molecule has 0 amide bonds. The predicted molar refractivity (Wildman–Crippen MR) is 69.6 cm³/mol. The molecule has 0 radical (unpaired) electrons. The number of nitrogens with zero attached hydrogens (tertiary/aromatic N) is 1. The maximum Gasteiger partial charge on any atom is 0.243 e. The molecule has 0 saturated heterocycles. The van der Waals surface area contributed by atoms with Gasteiger partial charge in [0.2, 0.25) is 10.0 Å². The Balaban J connectivity index is 2.53. The van der Waals surface area contributed by atoms with E-state index in [1.807, 2.05) is 0 Å². The fourth-order valence-corrected chi connectivity index (χ4v) is 4.16. The minimum absolute atomic E-state index is 0.0368. The van der Waals surface area contributed by atoms with Gasteiger partial charge in [-0.3, -0.25) is 0 Å². The van der Waals surface area contributed by atoms with Gasteiger partial charge in [-0.05, 0) is 37.5 Å².